The van der Waals surface area contributed by atoms with E-state index >= 15 is 0 Å². The monoisotopic (exact) mass is 431 g/mol. The molecule has 2 amide bonds. The van der Waals surface area contributed by atoms with Gasteiger partial charge in [0.2, 0.25) is 5.91 Å². The summed E-state index contributed by atoms with van der Waals surface area (Å²) in [6, 6.07) is 11.9. The molecule has 0 fully saturated rings. The molecule has 142 valence electrons. The first-order valence-corrected chi connectivity index (χ1v) is 9.81. The van der Waals surface area contributed by atoms with Crippen LogP contribution in [0.15, 0.2) is 60.5 Å². The summed E-state index contributed by atoms with van der Waals surface area (Å²) in [7, 11) is 0. The normalized spacial score (nSPS) is 10.4. The van der Waals surface area contributed by atoms with Crippen LogP contribution in [-0.4, -0.2) is 16.8 Å². The number of aromatic nitrogens is 1. The molecule has 0 aliphatic carbocycles. The molecule has 0 saturated heterocycles. The van der Waals surface area contributed by atoms with Crippen LogP contribution in [0.1, 0.15) is 21.6 Å². The molecule has 1 heterocycles. The van der Waals surface area contributed by atoms with Crippen molar-refractivity contribution < 1.29 is 9.59 Å². The number of anilines is 2. The summed E-state index contributed by atoms with van der Waals surface area (Å²) in [6.07, 6.45) is 1.70. The summed E-state index contributed by atoms with van der Waals surface area (Å²) >= 11 is 13.4. The minimum Gasteiger partial charge on any atom is -0.323 e. The van der Waals surface area contributed by atoms with Gasteiger partial charge in [0.05, 0.1) is 5.69 Å². The summed E-state index contributed by atoms with van der Waals surface area (Å²) in [5.74, 6) is -0.664. The maximum atomic E-state index is 12.5. The molecule has 8 heteroatoms. The lowest BCUT2D eigenvalue weighted by atomic mass is 10.1. The van der Waals surface area contributed by atoms with Gasteiger partial charge >= 0.3 is 0 Å². The van der Waals surface area contributed by atoms with Crippen LogP contribution in [-0.2, 0) is 11.2 Å². The Morgan fingerprint density at radius 2 is 1.96 bits per heavy atom. The second-order valence-corrected chi connectivity index (χ2v) is 7.49. The fraction of sp³-hybridized carbons (Fsp3) is 0.0500. The van der Waals surface area contributed by atoms with Crippen LogP contribution in [0.2, 0.25) is 10.0 Å². The van der Waals surface area contributed by atoms with E-state index < -0.39 is 0 Å². The van der Waals surface area contributed by atoms with E-state index in [9.17, 15) is 9.59 Å². The summed E-state index contributed by atoms with van der Waals surface area (Å²) in [4.78, 5) is 28.3. The van der Waals surface area contributed by atoms with Gasteiger partial charge in [0, 0.05) is 33.1 Å². The fourth-order valence-corrected chi connectivity index (χ4v) is 3.59. The Morgan fingerprint density at radius 1 is 1.14 bits per heavy atom. The predicted octanol–water partition coefficient (Wildman–Crippen LogP) is 5.42. The fourth-order valence-electron chi connectivity index (χ4n) is 2.41. The highest BCUT2D eigenvalue weighted by atomic mass is 35.5. The second kappa shape index (κ2) is 9.01. The van der Waals surface area contributed by atoms with Crippen LogP contribution in [0.3, 0.4) is 0 Å². The molecule has 2 aromatic carbocycles. The van der Waals surface area contributed by atoms with Gasteiger partial charge in [-0.1, -0.05) is 41.9 Å². The lowest BCUT2D eigenvalue weighted by Crippen LogP contribution is -2.13. The average Bonchev–Trinajstić information content (AvgIpc) is 3.11. The van der Waals surface area contributed by atoms with Gasteiger partial charge in [-0.15, -0.1) is 11.3 Å². The van der Waals surface area contributed by atoms with E-state index in [0.29, 0.717) is 32.8 Å². The molecule has 5 nitrogen and oxygen atoms in total. The number of rotatable bonds is 6. The molecule has 0 bridgehead atoms. The highest BCUT2D eigenvalue weighted by Gasteiger charge is 2.11. The van der Waals surface area contributed by atoms with Gasteiger partial charge < -0.3 is 5.32 Å². The first kappa shape index (κ1) is 20.1. The van der Waals surface area contributed by atoms with Crippen molar-refractivity contribution in [2.75, 3.05) is 10.6 Å². The molecule has 0 radical (unpaired) electrons. The van der Waals surface area contributed by atoms with Crippen LogP contribution >= 0.6 is 34.5 Å². The largest absolute Gasteiger partial charge is 0.323 e. The molecular weight excluding hydrogens is 417 g/mol. The van der Waals surface area contributed by atoms with Crippen LogP contribution in [0.5, 0.6) is 0 Å². The number of benzene rings is 2. The van der Waals surface area contributed by atoms with Gasteiger partial charge in [-0.3, -0.25) is 14.9 Å². The second-order valence-electron chi connectivity index (χ2n) is 5.78. The van der Waals surface area contributed by atoms with Gasteiger partial charge in [0.1, 0.15) is 0 Å². The number of nitrogens with zero attached hydrogens (tertiary/aromatic N) is 1. The topological polar surface area (TPSA) is 71.1 Å². The summed E-state index contributed by atoms with van der Waals surface area (Å²) in [6.45, 7) is 3.40. The van der Waals surface area contributed by atoms with Crippen molar-refractivity contribution in [1.29, 1.82) is 0 Å². The van der Waals surface area contributed by atoms with Gasteiger partial charge in [0.15, 0.2) is 5.13 Å². The first-order chi connectivity index (χ1) is 13.4. The third kappa shape index (κ3) is 5.19. The number of hydrogen-bond donors (Lipinski definition) is 2. The number of amides is 2. The molecule has 3 rings (SSSR count). The van der Waals surface area contributed by atoms with E-state index in [1.165, 1.54) is 11.3 Å². The molecular formula is C20H15Cl2N3O2S. The molecule has 0 aliphatic rings. The van der Waals surface area contributed by atoms with Crippen molar-refractivity contribution in [3.05, 3.63) is 87.4 Å². The summed E-state index contributed by atoms with van der Waals surface area (Å²) in [5.41, 5.74) is 2.60. The van der Waals surface area contributed by atoms with Crippen LogP contribution in [0, 0.1) is 0 Å². The maximum Gasteiger partial charge on any atom is 0.257 e. The van der Waals surface area contributed by atoms with Crippen LogP contribution in [0.4, 0.5) is 10.8 Å². The zero-order valence-electron chi connectivity index (χ0n) is 14.5. The van der Waals surface area contributed by atoms with Crippen molar-refractivity contribution in [3.8, 4) is 0 Å². The van der Waals surface area contributed by atoms with E-state index in [0.717, 1.165) is 17.3 Å². The number of halogens is 2. The van der Waals surface area contributed by atoms with E-state index in [-0.39, 0.29) is 11.8 Å². The Balaban J connectivity index is 1.67. The third-order valence-electron chi connectivity index (χ3n) is 3.74. The van der Waals surface area contributed by atoms with Gasteiger partial charge in [-0.05, 0) is 42.0 Å². The molecule has 0 aliphatic heterocycles. The van der Waals surface area contributed by atoms with Crippen LogP contribution < -0.4 is 10.6 Å². The molecule has 2 N–H and O–H groups in total. The molecule has 1 aromatic heterocycles. The minimum absolute atomic E-state index is 0.319. The average molecular weight is 432 g/mol. The molecule has 0 unspecified atom stereocenters. The first-order valence-electron chi connectivity index (χ1n) is 8.18. The van der Waals surface area contributed by atoms with Crippen molar-refractivity contribution >= 4 is 57.2 Å². The van der Waals surface area contributed by atoms with Crippen molar-refractivity contribution in [3.63, 3.8) is 0 Å². The van der Waals surface area contributed by atoms with E-state index in [2.05, 4.69) is 22.2 Å². The summed E-state index contributed by atoms with van der Waals surface area (Å²) < 4.78 is 0. The number of thiazole rings is 1. The number of nitrogens with one attached hydrogen (secondary N) is 2. The van der Waals surface area contributed by atoms with Crippen molar-refractivity contribution in [2.45, 2.75) is 6.42 Å². The lowest BCUT2D eigenvalue weighted by Gasteiger charge is -2.06. The zero-order chi connectivity index (χ0) is 20.1. The SMILES string of the molecule is C=CC(=O)Nc1cccc(C(=O)Nc2nc(Cc3ccc(Cl)cc3Cl)cs2)c1. The maximum absolute atomic E-state index is 12.5. The quantitative estimate of drug-likeness (QED) is 0.511. The van der Waals surface area contributed by atoms with Gasteiger partial charge in [-0.2, -0.15) is 0 Å². The zero-order valence-corrected chi connectivity index (χ0v) is 16.9. The Bertz CT molecular complexity index is 1050. The lowest BCUT2D eigenvalue weighted by molar-refractivity contribution is -0.111. The smallest absolute Gasteiger partial charge is 0.257 e. The Morgan fingerprint density at radius 3 is 2.71 bits per heavy atom. The van der Waals surface area contributed by atoms with Crippen molar-refractivity contribution in [1.82, 2.24) is 4.98 Å². The highest BCUT2D eigenvalue weighted by Crippen LogP contribution is 2.25. The molecule has 0 spiro atoms. The van der Waals surface area contributed by atoms with E-state index in [4.69, 9.17) is 23.2 Å². The molecule has 0 saturated carbocycles. The molecule has 28 heavy (non-hydrogen) atoms. The third-order valence-corrected chi connectivity index (χ3v) is 5.13. The molecule has 3 aromatic rings. The van der Waals surface area contributed by atoms with Crippen molar-refractivity contribution in [2.24, 2.45) is 0 Å². The van der Waals surface area contributed by atoms with Gasteiger partial charge in [-0.25, -0.2) is 4.98 Å². The highest BCUT2D eigenvalue weighted by molar-refractivity contribution is 7.14. The predicted molar refractivity (Wildman–Crippen MR) is 115 cm³/mol. The van der Waals surface area contributed by atoms with E-state index in [1.54, 1.807) is 36.4 Å². The Labute approximate surface area is 176 Å². The number of carbonyl (C=O) groups is 2. The van der Waals surface area contributed by atoms with E-state index in [1.807, 2.05) is 11.4 Å². The minimum atomic E-state index is -0.344. The standard InChI is InChI=1S/C20H15Cl2N3O2S/c1-2-18(26)23-15-5-3-4-13(9-15)19(27)25-20-24-16(11-28-20)8-12-6-7-14(21)10-17(12)22/h2-7,9-11H,1,8H2,(H,23,26)(H,24,25,27). The Kier molecular flexibility index (Phi) is 6.46. The molecule has 0 atom stereocenters. The number of carbonyl (C=O) groups excluding carboxylic acids is 2. The summed E-state index contributed by atoms with van der Waals surface area (Å²) in [5, 5.41) is 8.87. The van der Waals surface area contributed by atoms with Crippen LogP contribution in [0.25, 0.3) is 0 Å². The van der Waals surface area contributed by atoms with Gasteiger partial charge in [0.25, 0.3) is 5.91 Å². The number of hydrogen-bond acceptors (Lipinski definition) is 4. The Hall–Kier alpha value is -2.67.